The molecule has 0 spiro atoms. The molecule has 9 heteroatoms. The third-order valence-electron chi connectivity index (χ3n) is 7.32. The number of carbonyl (C=O) groups excluding carboxylic acids is 2. The monoisotopic (exact) mass is 514 g/mol. The van der Waals surface area contributed by atoms with Crippen LogP contribution in [-0.2, 0) is 11.2 Å². The van der Waals surface area contributed by atoms with Crippen molar-refractivity contribution < 1.29 is 14.0 Å². The average Bonchev–Trinajstić information content (AvgIpc) is 3.54. The van der Waals surface area contributed by atoms with Crippen LogP contribution in [0.15, 0.2) is 54.6 Å². The number of rotatable bonds is 7. The summed E-state index contributed by atoms with van der Waals surface area (Å²) in [4.78, 5) is 33.6. The maximum absolute atomic E-state index is 13.8. The maximum Gasteiger partial charge on any atom is 0.253 e. The van der Waals surface area contributed by atoms with Crippen LogP contribution in [0.25, 0.3) is 10.9 Å². The molecule has 2 N–H and O–H groups in total. The van der Waals surface area contributed by atoms with Gasteiger partial charge in [0.05, 0.1) is 30.2 Å². The van der Waals surface area contributed by atoms with Gasteiger partial charge < -0.3 is 15.5 Å². The van der Waals surface area contributed by atoms with E-state index in [2.05, 4.69) is 22.8 Å². The number of nitrogens with zero attached hydrogens (tertiary/aromatic N) is 4. The highest BCUT2D eigenvalue weighted by Gasteiger charge is 2.36. The van der Waals surface area contributed by atoms with Gasteiger partial charge in [0, 0.05) is 55.8 Å². The van der Waals surface area contributed by atoms with E-state index in [9.17, 15) is 19.2 Å². The minimum Gasteiger partial charge on any atom is -0.380 e. The standard InChI is InChI=1S/C29H31FN6O2/c1-32-29(38)25-9-10-26(24-8-7-21(34-28(24)25)13-19-5-3-2-4-6-19)33-22-11-12-35(17-22)18-27(37)36-16-20(30)14-23(36)15-31/h2-10,20,22-23,33H,11-14,16-18H2,1H3,(H,32,38)/t20-,22-,23-/m0/s1. The molecule has 0 saturated carbocycles. The maximum atomic E-state index is 13.8. The molecule has 2 aliphatic heterocycles. The summed E-state index contributed by atoms with van der Waals surface area (Å²) in [6, 6.07) is 19.2. The first-order valence-corrected chi connectivity index (χ1v) is 13.0. The zero-order valence-electron chi connectivity index (χ0n) is 21.4. The molecule has 0 bridgehead atoms. The number of hydrogen-bond acceptors (Lipinski definition) is 6. The number of pyridine rings is 1. The first-order chi connectivity index (χ1) is 18.4. The van der Waals surface area contributed by atoms with Crippen molar-refractivity contribution in [1.82, 2.24) is 20.1 Å². The Balaban J connectivity index is 1.31. The summed E-state index contributed by atoms with van der Waals surface area (Å²) in [6.45, 7) is 1.54. The Morgan fingerprint density at radius 3 is 2.71 bits per heavy atom. The van der Waals surface area contributed by atoms with E-state index in [0.717, 1.165) is 35.3 Å². The number of likely N-dealkylation sites (tertiary alicyclic amines) is 2. The lowest BCUT2D eigenvalue weighted by atomic mass is 10.0. The Kier molecular flexibility index (Phi) is 7.52. The zero-order valence-corrected chi connectivity index (χ0v) is 21.4. The SMILES string of the molecule is CNC(=O)c1ccc(N[C@H]2CCN(CC(=O)N3C[C@@H](F)C[C@H]3C#N)C2)c2ccc(Cc3ccccc3)nc12. The van der Waals surface area contributed by atoms with Crippen molar-refractivity contribution in [1.29, 1.82) is 5.26 Å². The molecule has 3 aromatic rings. The van der Waals surface area contributed by atoms with Crippen molar-refractivity contribution in [2.24, 2.45) is 0 Å². The van der Waals surface area contributed by atoms with E-state index in [1.165, 1.54) is 4.90 Å². The Morgan fingerprint density at radius 1 is 1.13 bits per heavy atom. The second kappa shape index (κ2) is 11.2. The van der Waals surface area contributed by atoms with Crippen LogP contribution < -0.4 is 10.6 Å². The fourth-order valence-electron chi connectivity index (χ4n) is 5.38. The normalized spacial score (nSPS) is 21.4. The summed E-state index contributed by atoms with van der Waals surface area (Å²) in [5.74, 6) is -0.391. The van der Waals surface area contributed by atoms with E-state index in [1.807, 2.05) is 47.4 Å². The van der Waals surface area contributed by atoms with Crippen LogP contribution in [0.2, 0.25) is 0 Å². The molecule has 3 heterocycles. The number of halogens is 1. The number of amides is 2. The average molecular weight is 515 g/mol. The number of nitrogens with one attached hydrogen (secondary N) is 2. The number of alkyl halides is 1. The second-order valence-corrected chi connectivity index (χ2v) is 9.99. The number of anilines is 1. The van der Waals surface area contributed by atoms with Gasteiger partial charge in [0.2, 0.25) is 5.91 Å². The van der Waals surface area contributed by atoms with Crippen LogP contribution in [0, 0.1) is 11.3 Å². The van der Waals surface area contributed by atoms with Crippen molar-refractivity contribution in [3.63, 3.8) is 0 Å². The molecular formula is C29H31FN6O2. The van der Waals surface area contributed by atoms with Crippen LogP contribution in [-0.4, -0.2) is 78.1 Å². The lowest BCUT2D eigenvalue weighted by Crippen LogP contribution is -2.42. The van der Waals surface area contributed by atoms with Gasteiger partial charge in [-0.1, -0.05) is 30.3 Å². The molecule has 2 aromatic carbocycles. The molecule has 2 saturated heterocycles. The molecule has 5 rings (SSSR count). The summed E-state index contributed by atoms with van der Waals surface area (Å²) in [7, 11) is 1.61. The van der Waals surface area contributed by atoms with Gasteiger partial charge in [-0.05, 0) is 36.2 Å². The summed E-state index contributed by atoms with van der Waals surface area (Å²) < 4.78 is 13.8. The summed E-state index contributed by atoms with van der Waals surface area (Å²) in [5.41, 5.74) is 4.07. The Morgan fingerprint density at radius 2 is 1.95 bits per heavy atom. The van der Waals surface area contributed by atoms with Crippen LogP contribution in [0.1, 0.15) is 34.5 Å². The molecule has 1 aromatic heterocycles. The van der Waals surface area contributed by atoms with Crippen molar-refractivity contribution in [2.45, 2.75) is 37.5 Å². The predicted octanol–water partition coefficient (Wildman–Crippen LogP) is 3.13. The molecule has 8 nitrogen and oxygen atoms in total. The zero-order chi connectivity index (χ0) is 26.6. The van der Waals surface area contributed by atoms with Gasteiger partial charge in [-0.2, -0.15) is 5.26 Å². The molecule has 2 amide bonds. The smallest absolute Gasteiger partial charge is 0.253 e. The van der Waals surface area contributed by atoms with E-state index in [-0.39, 0.29) is 37.4 Å². The minimum atomic E-state index is -1.13. The molecule has 38 heavy (non-hydrogen) atoms. The summed E-state index contributed by atoms with van der Waals surface area (Å²) >= 11 is 0. The number of fused-ring (bicyclic) bond motifs is 1. The summed E-state index contributed by atoms with van der Waals surface area (Å²) in [6.07, 6.45) is 0.454. The molecule has 3 atom stereocenters. The van der Waals surface area contributed by atoms with E-state index in [4.69, 9.17) is 4.98 Å². The van der Waals surface area contributed by atoms with Crippen LogP contribution in [0.4, 0.5) is 10.1 Å². The fourth-order valence-corrected chi connectivity index (χ4v) is 5.38. The Hall–Kier alpha value is -4.03. The molecule has 196 valence electrons. The molecule has 0 radical (unpaired) electrons. The topological polar surface area (TPSA) is 101 Å². The third-order valence-corrected chi connectivity index (χ3v) is 7.32. The van der Waals surface area contributed by atoms with Gasteiger partial charge in [0.1, 0.15) is 12.2 Å². The molecule has 0 unspecified atom stereocenters. The number of nitriles is 1. The molecular weight excluding hydrogens is 483 g/mol. The quantitative estimate of drug-likeness (QED) is 0.503. The predicted molar refractivity (Wildman–Crippen MR) is 143 cm³/mol. The van der Waals surface area contributed by atoms with Crippen molar-refractivity contribution in [3.05, 3.63) is 71.4 Å². The molecule has 2 aliphatic rings. The van der Waals surface area contributed by atoms with E-state index >= 15 is 0 Å². The third kappa shape index (κ3) is 5.46. The molecule has 0 aliphatic carbocycles. The van der Waals surface area contributed by atoms with Gasteiger partial charge in [-0.15, -0.1) is 0 Å². The first kappa shape index (κ1) is 25.6. The van der Waals surface area contributed by atoms with Gasteiger partial charge in [-0.25, -0.2) is 4.39 Å². The van der Waals surface area contributed by atoms with Gasteiger partial charge >= 0.3 is 0 Å². The number of aromatic nitrogens is 1. The van der Waals surface area contributed by atoms with Crippen LogP contribution in [0.3, 0.4) is 0 Å². The Labute approximate surface area is 221 Å². The van der Waals surface area contributed by atoms with Crippen molar-refractivity contribution in [3.8, 4) is 6.07 Å². The molecule has 2 fully saturated rings. The lowest BCUT2D eigenvalue weighted by molar-refractivity contribution is -0.132. The van der Waals surface area contributed by atoms with E-state index < -0.39 is 12.2 Å². The van der Waals surface area contributed by atoms with Gasteiger partial charge in [-0.3, -0.25) is 19.5 Å². The first-order valence-electron chi connectivity index (χ1n) is 13.0. The highest BCUT2D eigenvalue weighted by atomic mass is 19.1. The lowest BCUT2D eigenvalue weighted by Gasteiger charge is -2.23. The summed E-state index contributed by atoms with van der Waals surface area (Å²) in [5, 5.41) is 16.4. The van der Waals surface area contributed by atoms with Crippen molar-refractivity contribution in [2.75, 3.05) is 38.5 Å². The highest BCUT2D eigenvalue weighted by molar-refractivity contribution is 6.08. The van der Waals surface area contributed by atoms with Gasteiger partial charge in [0.15, 0.2) is 0 Å². The van der Waals surface area contributed by atoms with E-state index in [0.29, 0.717) is 24.0 Å². The second-order valence-electron chi connectivity index (χ2n) is 9.99. The van der Waals surface area contributed by atoms with Crippen LogP contribution >= 0.6 is 0 Å². The number of benzene rings is 2. The highest BCUT2D eigenvalue weighted by Crippen LogP contribution is 2.29. The Bertz CT molecular complexity index is 1370. The van der Waals surface area contributed by atoms with Crippen molar-refractivity contribution >= 4 is 28.4 Å². The number of carbonyl (C=O) groups is 2. The number of hydrogen-bond donors (Lipinski definition) is 2. The largest absolute Gasteiger partial charge is 0.380 e. The van der Waals surface area contributed by atoms with Crippen LogP contribution in [0.5, 0.6) is 0 Å². The van der Waals surface area contributed by atoms with Gasteiger partial charge in [0.25, 0.3) is 5.91 Å². The van der Waals surface area contributed by atoms with E-state index in [1.54, 1.807) is 13.1 Å². The fraction of sp³-hybridized carbons (Fsp3) is 0.379. The minimum absolute atomic E-state index is 0.00445.